The smallest absolute Gasteiger partial charge is 0.328 e. The van der Waals surface area contributed by atoms with Gasteiger partial charge >= 0.3 is 23.3 Å². The fourth-order valence-electron chi connectivity index (χ4n) is 2.12. The normalized spacial score (nSPS) is 15.5. The predicted octanol–water partition coefficient (Wildman–Crippen LogP) is 2.08. The Labute approximate surface area is 166 Å². The van der Waals surface area contributed by atoms with Gasteiger partial charge < -0.3 is 4.48 Å². The van der Waals surface area contributed by atoms with E-state index in [4.69, 9.17) is 4.55 Å². The Bertz CT molecular complexity index is 795. The molecule has 0 aromatic heterocycles. The minimum atomic E-state index is -7.33. The van der Waals surface area contributed by atoms with Crippen molar-refractivity contribution >= 4 is 20.1 Å². The average molecular weight is 507 g/mol. The van der Waals surface area contributed by atoms with Gasteiger partial charge in [-0.1, -0.05) is 0 Å². The summed E-state index contributed by atoms with van der Waals surface area (Å²) in [7, 11) is -7.93. The molecule has 0 saturated heterocycles. The number of quaternary nitrogens is 1. The van der Waals surface area contributed by atoms with E-state index in [1.54, 1.807) is 0 Å². The SMILES string of the molecule is C[N+](C)(CCCNS(=O)(=O)C(F)(F)C(F)(F)C(F)(F)C(F)(F)F)CCCS(=O)(=O)O. The number of halogens is 9. The van der Waals surface area contributed by atoms with Crippen LogP contribution in [0.5, 0.6) is 0 Å². The first-order chi connectivity index (χ1) is 12.9. The molecule has 0 rings (SSSR count). The molecule has 0 heterocycles. The van der Waals surface area contributed by atoms with Crippen molar-refractivity contribution in [3.8, 4) is 0 Å². The van der Waals surface area contributed by atoms with E-state index < -0.39 is 55.7 Å². The Hall–Kier alpha value is -0.850. The quantitative estimate of drug-likeness (QED) is 0.182. The van der Waals surface area contributed by atoms with Gasteiger partial charge in [0.05, 0.1) is 32.9 Å². The summed E-state index contributed by atoms with van der Waals surface area (Å²) in [5.41, 5.74) is 0. The Kier molecular flexibility index (Phi) is 8.70. The van der Waals surface area contributed by atoms with E-state index in [0.717, 1.165) is 4.72 Å². The van der Waals surface area contributed by atoms with E-state index >= 15 is 0 Å². The Morgan fingerprint density at radius 2 is 1.23 bits per heavy atom. The van der Waals surface area contributed by atoms with Crippen LogP contribution in [0.4, 0.5) is 39.5 Å². The lowest BCUT2D eigenvalue weighted by atomic mass is 10.1. The molecule has 0 fully saturated rings. The maximum atomic E-state index is 13.5. The van der Waals surface area contributed by atoms with Gasteiger partial charge in [-0.2, -0.15) is 47.9 Å². The molecule has 0 bridgehead atoms. The van der Waals surface area contributed by atoms with Gasteiger partial charge in [0.15, 0.2) is 0 Å². The molecule has 0 aromatic rings. The summed E-state index contributed by atoms with van der Waals surface area (Å²) < 4.78 is 168. The third-order valence-corrected chi connectivity index (χ3v) is 6.17. The zero-order chi connectivity index (χ0) is 24.4. The molecular weight excluding hydrogens is 487 g/mol. The second-order valence-corrected chi connectivity index (χ2v) is 10.3. The van der Waals surface area contributed by atoms with E-state index in [9.17, 15) is 56.3 Å². The fourth-order valence-corrected chi connectivity index (χ4v) is 3.67. The second kappa shape index (κ2) is 8.95. The molecule has 7 nitrogen and oxygen atoms in total. The lowest BCUT2D eigenvalue weighted by molar-refractivity contribution is -0.890. The van der Waals surface area contributed by atoms with Crippen LogP contribution in [-0.4, -0.2) is 88.6 Å². The van der Waals surface area contributed by atoms with E-state index in [0.29, 0.717) is 0 Å². The number of nitrogens with one attached hydrogen (secondary N) is 1. The maximum Gasteiger partial charge on any atom is 0.460 e. The van der Waals surface area contributed by atoms with Crippen LogP contribution in [0.15, 0.2) is 0 Å². The molecule has 0 aliphatic rings. The molecule has 30 heavy (non-hydrogen) atoms. The largest absolute Gasteiger partial charge is 0.460 e. The Morgan fingerprint density at radius 1 is 0.800 bits per heavy atom. The predicted molar refractivity (Wildman–Crippen MR) is 85.3 cm³/mol. The molecule has 182 valence electrons. The minimum Gasteiger partial charge on any atom is -0.328 e. The van der Waals surface area contributed by atoms with Crippen molar-refractivity contribution in [2.75, 3.05) is 39.5 Å². The monoisotopic (exact) mass is 507 g/mol. The van der Waals surface area contributed by atoms with Gasteiger partial charge in [-0.3, -0.25) is 4.55 Å². The zero-order valence-electron chi connectivity index (χ0n) is 15.5. The van der Waals surface area contributed by atoms with Crippen LogP contribution in [0.1, 0.15) is 12.8 Å². The number of hydrogen-bond donors (Lipinski definition) is 2. The highest BCUT2D eigenvalue weighted by atomic mass is 32.2. The van der Waals surface area contributed by atoms with E-state index in [1.165, 1.54) is 14.1 Å². The highest BCUT2D eigenvalue weighted by Crippen LogP contribution is 2.54. The van der Waals surface area contributed by atoms with E-state index in [2.05, 4.69) is 0 Å². The maximum absolute atomic E-state index is 13.5. The molecule has 0 saturated carbocycles. The van der Waals surface area contributed by atoms with Gasteiger partial charge in [0.1, 0.15) is 0 Å². The summed E-state index contributed by atoms with van der Waals surface area (Å²) in [6.45, 7) is -0.973. The molecular formula is C12H20F9N2O5S2+. The first-order valence-electron chi connectivity index (χ1n) is 7.88. The first kappa shape index (κ1) is 29.1. The minimum absolute atomic E-state index is 0.0457. The van der Waals surface area contributed by atoms with Crippen LogP contribution in [-0.2, 0) is 20.1 Å². The number of rotatable bonds is 12. The summed E-state index contributed by atoms with van der Waals surface area (Å²) in [6.07, 6.45) is -7.54. The zero-order valence-corrected chi connectivity index (χ0v) is 17.1. The van der Waals surface area contributed by atoms with Crippen molar-refractivity contribution in [3.63, 3.8) is 0 Å². The molecule has 0 radical (unpaired) electrons. The van der Waals surface area contributed by atoms with Gasteiger partial charge in [-0.15, -0.1) is 0 Å². The van der Waals surface area contributed by atoms with Gasteiger partial charge in [-0.05, 0) is 0 Å². The van der Waals surface area contributed by atoms with E-state index in [1.807, 2.05) is 0 Å². The highest BCUT2D eigenvalue weighted by molar-refractivity contribution is 7.90. The average Bonchev–Trinajstić information content (AvgIpc) is 2.48. The summed E-state index contributed by atoms with van der Waals surface area (Å²) in [6, 6.07) is 0. The van der Waals surface area contributed by atoms with Crippen LogP contribution in [0.3, 0.4) is 0 Å². The van der Waals surface area contributed by atoms with Crippen LogP contribution < -0.4 is 4.72 Å². The molecule has 0 amide bonds. The molecule has 0 aromatic carbocycles. The molecule has 0 aliphatic heterocycles. The van der Waals surface area contributed by atoms with E-state index in [-0.39, 0.29) is 30.4 Å². The molecule has 0 spiro atoms. The second-order valence-electron chi connectivity index (χ2n) is 6.94. The number of hydrogen-bond acceptors (Lipinski definition) is 4. The number of nitrogens with zero attached hydrogens (tertiary/aromatic N) is 1. The van der Waals surface area contributed by atoms with Gasteiger partial charge in [-0.25, -0.2) is 13.1 Å². The fraction of sp³-hybridized carbons (Fsp3) is 1.00. The van der Waals surface area contributed by atoms with Crippen LogP contribution in [0.2, 0.25) is 0 Å². The summed E-state index contributed by atoms with van der Waals surface area (Å²) in [5.74, 6) is -15.2. The molecule has 2 N–H and O–H groups in total. The molecule has 0 atom stereocenters. The molecule has 0 unspecified atom stereocenters. The van der Waals surface area contributed by atoms with Crippen molar-refractivity contribution < 1.29 is 65.4 Å². The van der Waals surface area contributed by atoms with Crippen molar-refractivity contribution in [2.24, 2.45) is 0 Å². The van der Waals surface area contributed by atoms with Crippen molar-refractivity contribution in [3.05, 3.63) is 0 Å². The third kappa shape index (κ3) is 6.83. The summed E-state index contributed by atoms with van der Waals surface area (Å²) in [5, 5.41) is -6.79. The molecule has 0 aliphatic carbocycles. The highest BCUT2D eigenvalue weighted by Gasteiger charge is 2.85. The Balaban J connectivity index is 5.08. The van der Waals surface area contributed by atoms with Gasteiger partial charge in [0.25, 0.3) is 20.1 Å². The summed E-state index contributed by atoms with van der Waals surface area (Å²) in [4.78, 5) is 0. The summed E-state index contributed by atoms with van der Waals surface area (Å²) >= 11 is 0. The van der Waals surface area contributed by atoms with Crippen molar-refractivity contribution in [1.29, 1.82) is 0 Å². The van der Waals surface area contributed by atoms with Crippen molar-refractivity contribution in [1.82, 2.24) is 4.72 Å². The Morgan fingerprint density at radius 3 is 1.63 bits per heavy atom. The lowest BCUT2D eigenvalue weighted by Gasteiger charge is -2.33. The van der Waals surface area contributed by atoms with Crippen molar-refractivity contribution in [2.45, 2.75) is 36.1 Å². The number of alkyl halides is 9. The van der Waals surface area contributed by atoms with Gasteiger partial charge in [0, 0.05) is 19.4 Å². The van der Waals surface area contributed by atoms with Gasteiger partial charge in [0.2, 0.25) is 0 Å². The topological polar surface area (TPSA) is 101 Å². The van der Waals surface area contributed by atoms with Crippen LogP contribution in [0, 0.1) is 0 Å². The lowest BCUT2D eigenvalue weighted by Crippen LogP contribution is -2.65. The third-order valence-electron chi connectivity index (χ3n) is 3.85. The standard InChI is InChI=1S/C12H19F9N2O5S2/c1-23(2,7-4-8-29(24,25)26)6-3-5-22-30(27,28)12(20,21)10(15,16)9(13,14)11(17,18)19/h22H,3-8H2,1-2H3/p+1. The van der Waals surface area contributed by atoms with Crippen LogP contribution in [0.25, 0.3) is 0 Å². The molecule has 18 heteroatoms. The van der Waals surface area contributed by atoms with Crippen LogP contribution >= 0.6 is 0 Å². The number of sulfonamides is 1. The first-order valence-corrected chi connectivity index (χ1v) is 11.0.